The van der Waals surface area contributed by atoms with Crippen LogP contribution >= 0.6 is 0 Å². The Balaban J connectivity index is 1.41. The molecule has 45 heavy (non-hydrogen) atoms. The molecular weight excluding hydrogens is 556 g/mol. The van der Waals surface area contributed by atoms with Crippen LogP contribution in [-0.2, 0) is 0 Å². The Hall–Kier alpha value is -5.16. The Labute approximate surface area is 262 Å². The van der Waals surface area contributed by atoms with Crippen LogP contribution < -0.4 is 20.5 Å². The third-order valence-electron chi connectivity index (χ3n) is 9.07. The van der Waals surface area contributed by atoms with E-state index in [2.05, 4.69) is 97.8 Å². The van der Waals surface area contributed by atoms with Crippen molar-refractivity contribution in [2.24, 2.45) is 0 Å². The van der Waals surface area contributed by atoms with Gasteiger partial charge in [0, 0.05) is 52.8 Å². The fraction of sp³-hybridized carbons (Fsp3) is 0.200. The quantitative estimate of drug-likeness (QED) is 0.0802. The maximum absolute atomic E-state index is 13.2. The molecular formula is C40H37N2O3+. The molecule has 0 spiro atoms. The van der Waals surface area contributed by atoms with Gasteiger partial charge in [0.2, 0.25) is 5.36 Å². The first-order valence-electron chi connectivity index (χ1n) is 15.9. The van der Waals surface area contributed by atoms with Crippen LogP contribution in [0.25, 0.3) is 66.3 Å². The SMILES string of the molecule is CCN(CC)c1ccc2c(-c3ccc(-c4cc5c(ccc6ccccc65)oc4=O)cc3)c3ccc(=[N+](CC)CC)cc-3oc2c1. The third-order valence-corrected chi connectivity index (χ3v) is 9.07. The van der Waals surface area contributed by atoms with Crippen molar-refractivity contribution in [3.63, 3.8) is 0 Å². The van der Waals surface area contributed by atoms with Gasteiger partial charge < -0.3 is 13.7 Å². The number of benzene rings is 5. The Kier molecular flexibility index (Phi) is 7.46. The van der Waals surface area contributed by atoms with E-state index in [1.54, 1.807) is 0 Å². The number of hydrogen-bond acceptors (Lipinski definition) is 4. The van der Waals surface area contributed by atoms with Crippen molar-refractivity contribution < 1.29 is 8.83 Å². The van der Waals surface area contributed by atoms with Crippen LogP contribution in [-0.4, -0.2) is 26.2 Å². The van der Waals surface area contributed by atoms with Crippen molar-refractivity contribution in [2.75, 3.05) is 31.1 Å². The molecule has 0 saturated carbocycles. The molecule has 2 aliphatic rings. The van der Waals surface area contributed by atoms with Crippen molar-refractivity contribution in [2.45, 2.75) is 27.7 Å². The lowest BCUT2D eigenvalue weighted by Gasteiger charge is -2.22. The molecule has 0 unspecified atom stereocenters. The van der Waals surface area contributed by atoms with Crippen LogP contribution in [0.2, 0.25) is 0 Å². The predicted octanol–water partition coefficient (Wildman–Crippen LogP) is 8.79. The van der Waals surface area contributed by atoms with Crippen LogP contribution in [0.15, 0.2) is 117 Å². The molecule has 1 aliphatic carbocycles. The van der Waals surface area contributed by atoms with Gasteiger partial charge >= 0.3 is 5.63 Å². The maximum Gasteiger partial charge on any atom is 0.344 e. The lowest BCUT2D eigenvalue weighted by Crippen LogP contribution is -2.29. The molecule has 5 aromatic rings. The zero-order chi connectivity index (χ0) is 31.1. The second-order valence-corrected chi connectivity index (χ2v) is 11.4. The van der Waals surface area contributed by atoms with E-state index in [0.29, 0.717) is 11.1 Å². The molecule has 0 atom stereocenters. The number of nitrogens with zero attached hydrogens (tertiary/aromatic N) is 2. The summed E-state index contributed by atoms with van der Waals surface area (Å²) in [5.41, 5.74) is 6.86. The summed E-state index contributed by atoms with van der Waals surface area (Å²) in [4.78, 5) is 15.5. The van der Waals surface area contributed by atoms with Crippen molar-refractivity contribution in [1.82, 2.24) is 4.58 Å². The first kappa shape index (κ1) is 28.6. The minimum absolute atomic E-state index is 0.340. The summed E-state index contributed by atoms with van der Waals surface area (Å²) < 4.78 is 14.8. The molecule has 224 valence electrons. The maximum atomic E-state index is 13.2. The molecule has 2 heterocycles. The lowest BCUT2D eigenvalue weighted by molar-refractivity contribution is 0.564. The fourth-order valence-corrected chi connectivity index (χ4v) is 6.64. The minimum Gasteiger partial charge on any atom is -0.456 e. The van der Waals surface area contributed by atoms with Crippen LogP contribution in [0.5, 0.6) is 0 Å². The van der Waals surface area contributed by atoms with Gasteiger partial charge in [-0.2, -0.15) is 0 Å². The van der Waals surface area contributed by atoms with E-state index >= 15 is 0 Å². The van der Waals surface area contributed by atoms with Crippen LogP contribution in [0.3, 0.4) is 0 Å². The summed E-state index contributed by atoms with van der Waals surface area (Å²) in [5, 5.41) is 5.31. The zero-order valence-corrected chi connectivity index (χ0v) is 26.3. The van der Waals surface area contributed by atoms with Gasteiger partial charge in [0.05, 0.1) is 11.6 Å². The highest BCUT2D eigenvalue weighted by molar-refractivity contribution is 6.07. The van der Waals surface area contributed by atoms with Crippen LogP contribution in [0.4, 0.5) is 5.69 Å². The van der Waals surface area contributed by atoms with E-state index < -0.39 is 0 Å². The summed E-state index contributed by atoms with van der Waals surface area (Å²) in [6.45, 7) is 12.4. The summed E-state index contributed by atoms with van der Waals surface area (Å²) in [5.74, 6) is 0.852. The smallest absolute Gasteiger partial charge is 0.344 e. The van der Waals surface area contributed by atoms with E-state index in [4.69, 9.17) is 8.83 Å². The van der Waals surface area contributed by atoms with E-state index in [9.17, 15) is 4.79 Å². The molecule has 5 nitrogen and oxygen atoms in total. The standard InChI is InChI=1S/C40H37N2O3/c1-5-41(6-2)29-18-20-32-37(23-29)44-38-24-30(42(7-3)8-4)19-21-33(38)39(32)28-15-13-27(14-16-28)34-25-35-31-12-10-9-11-26(31)17-22-36(35)45-40(34)43/h9-25H,5-8H2,1-4H3/q+1. The van der Waals surface area contributed by atoms with Gasteiger partial charge in [0.25, 0.3) is 0 Å². The zero-order valence-electron chi connectivity index (χ0n) is 26.3. The average molecular weight is 594 g/mol. The molecule has 0 saturated heterocycles. The van der Waals surface area contributed by atoms with E-state index in [0.717, 1.165) is 92.4 Å². The topological polar surface area (TPSA) is 49.6 Å². The molecule has 5 heteroatoms. The van der Waals surface area contributed by atoms with Crippen LogP contribution in [0, 0.1) is 0 Å². The van der Waals surface area contributed by atoms with Crippen LogP contribution in [0.1, 0.15) is 27.7 Å². The molecule has 7 rings (SSSR count). The largest absolute Gasteiger partial charge is 0.456 e. The third kappa shape index (κ3) is 4.98. The number of rotatable bonds is 7. The summed E-state index contributed by atoms with van der Waals surface area (Å²) in [6.07, 6.45) is 0. The first-order valence-corrected chi connectivity index (χ1v) is 15.9. The Morgan fingerprint density at radius 2 is 1.38 bits per heavy atom. The highest BCUT2D eigenvalue weighted by Gasteiger charge is 2.20. The number of fused-ring (bicyclic) bond motifs is 5. The van der Waals surface area contributed by atoms with Crippen molar-refractivity contribution in [3.8, 4) is 33.6 Å². The molecule has 0 bridgehead atoms. The van der Waals surface area contributed by atoms with Gasteiger partial charge in [-0.05, 0) is 79.9 Å². The highest BCUT2D eigenvalue weighted by Crippen LogP contribution is 2.41. The normalized spacial score (nSPS) is 11.6. The summed E-state index contributed by atoms with van der Waals surface area (Å²) in [6, 6.07) is 35.3. The van der Waals surface area contributed by atoms with Gasteiger partial charge in [-0.3, -0.25) is 0 Å². The minimum atomic E-state index is -0.340. The van der Waals surface area contributed by atoms with Crippen molar-refractivity contribution in [1.29, 1.82) is 0 Å². The van der Waals surface area contributed by atoms with Crippen molar-refractivity contribution >= 4 is 38.4 Å². The average Bonchev–Trinajstić information content (AvgIpc) is 3.08. The predicted molar refractivity (Wildman–Crippen MR) is 187 cm³/mol. The second-order valence-electron chi connectivity index (χ2n) is 11.4. The Morgan fingerprint density at radius 1 is 0.622 bits per heavy atom. The monoisotopic (exact) mass is 593 g/mol. The first-order chi connectivity index (χ1) is 22.0. The van der Waals surface area contributed by atoms with Gasteiger partial charge in [-0.25, -0.2) is 9.37 Å². The van der Waals surface area contributed by atoms with Gasteiger partial charge in [0.1, 0.15) is 30.0 Å². The van der Waals surface area contributed by atoms with E-state index in [1.165, 1.54) is 0 Å². The fourth-order valence-electron chi connectivity index (χ4n) is 6.64. The molecule has 4 aromatic carbocycles. The van der Waals surface area contributed by atoms with Gasteiger partial charge in [-0.1, -0.05) is 54.6 Å². The number of anilines is 1. The summed E-state index contributed by atoms with van der Waals surface area (Å²) >= 11 is 0. The second kappa shape index (κ2) is 11.7. The Bertz CT molecular complexity index is 2280. The van der Waals surface area contributed by atoms with Crippen molar-refractivity contribution in [3.05, 3.63) is 119 Å². The van der Waals surface area contributed by atoms with Gasteiger partial charge in [0.15, 0.2) is 0 Å². The Morgan fingerprint density at radius 3 is 2.13 bits per heavy atom. The summed E-state index contributed by atoms with van der Waals surface area (Å²) in [7, 11) is 0. The lowest BCUT2D eigenvalue weighted by atomic mass is 9.92. The molecule has 0 amide bonds. The van der Waals surface area contributed by atoms with E-state index in [-0.39, 0.29) is 5.63 Å². The van der Waals surface area contributed by atoms with E-state index in [1.807, 2.05) is 42.5 Å². The molecule has 1 aliphatic heterocycles. The van der Waals surface area contributed by atoms with Gasteiger partial charge in [-0.15, -0.1) is 0 Å². The molecule has 0 radical (unpaired) electrons. The molecule has 0 N–H and O–H groups in total. The highest BCUT2D eigenvalue weighted by atomic mass is 16.4. The number of hydrogen-bond donors (Lipinski definition) is 0. The molecule has 1 aromatic heterocycles. The molecule has 0 fully saturated rings.